The number of morpholine rings is 1. The highest BCUT2D eigenvalue weighted by atomic mass is 32.2. The molecule has 1 saturated heterocycles. The van der Waals surface area contributed by atoms with Gasteiger partial charge >= 0.3 is 0 Å². The molecule has 1 aromatic heterocycles. The summed E-state index contributed by atoms with van der Waals surface area (Å²) in [4.78, 5) is 12.3. The van der Waals surface area contributed by atoms with E-state index >= 15 is 0 Å². The van der Waals surface area contributed by atoms with Gasteiger partial charge in [-0.3, -0.25) is 4.79 Å². The zero-order chi connectivity index (χ0) is 18.7. The van der Waals surface area contributed by atoms with E-state index < -0.39 is 15.9 Å². The predicted molar refractivity (Wildman–Crippen MR) is 96.8 cm³/mol. The molecule has 8 heteroatoms. The molecule has 1 N–H and O–H groups in total. The number of sulfonamides is 1. The number of nitrogens with one attached hydrogen (secondary N) is 1. The van der Waals surface area contributed by atoms with Crippen LogP contribution in [0.3, 0.4) is 0 Å². The fourth-order valence-corrected chi connectivity index (χ4v) is 3.96. The third-order valence-corrected chi connectivity index (χ3v) is 5.98. The topological polar surface area (TPSA) is 88.9 Å². The molecule has 2 heterocycles. The number of carbonyl (C=O) groups is 1. The van der Waals surface area contributed by atoms with Crippen molar-refractivity contribution < 1.29 is 22.4 Å². The number of ether oxygens (including phenoxy) is 1. The maximum atomic E-state index is 12.5. The van der Waals surface area contributed by atoms with Crippen molar-refractivity contribution >= 4 is 21.6 Å². The number of nitrogens with zero attached hydrogens (tertiary/aromatic N) is 1. The molecule has 0 unspecified atom stereocenters. The van der Waals surface area contributed by atoms with Crippen LogP contribution in [0.5, 0.6) is 0 Å². The Balaban J connectivity index is 1.71. The third-order valence-electron chi connectivity index (χ3n) is 4.20. The molecular weight excluding hydrogens is 356 g/mol. The first kappa shape index (κ1) is 18.6. The zero-order valence-electron chi connectivity index (χ0n) is 14.8. The van der Waals surface area contributed by atoms with E-state index in [0.29, 0.717) is 24.8 Å². The van der Waals surface area contributed by atoms with Crippen molar-refractivity contribution in [2.24, 2.45) is 0 Å². The summed E-state index contributed by atoms with van der Waals surface area (Å²) in [7, 11) is -3.76. The highest BCUT2D eigenvalue weighted by Crippen LogP contribution is 2.21. The molecular formula is C18H22N2O5S. The highest BCUT2D eigenvalue weighted by molar-refractivity contribution is 7.89. The number of benzene rings is 1. The summed E-state index contributed by atoms with van der Waals surface area (Å²) in [5.74, 6) is -0.145. The lowest BCUT2D eigenvalue weighted by molar-refractivity contribution is 0.0723. The van der Waals surface area contributed by atoms with Crippen LogP contribution < -0.4 is 5.32 Å². The first-order valence-electron chi connectivity index (χ1n) is 8.47. The lowest BCUT2D eigenvalue weighted by Crippen LogP contribution is -2.40. The molecule has 1 aliphatic rings. The number of furan rings is 1. The summed E-state index contributed by atoms with van der Waals surface area (Å²) in [6.45, 7) is 5.42. The van der Waals surface area contributed by atoms with Gasteiger partial charge in [-0.15, -0.1) is 0 Å². The molecule has 26 heavy (non-hydrogen) atoms. The normalized spacial score (nSPS) is 16.0. The van der Waals surface area contributed by atoms with Gasteiger partial charge in [-0.25, -0.2) is 8.42 Å². The van der Waals surface area contributed by atoms with Crippen LogP contribution in [-0.2, 0) is 14.8 Å². The van der Waals surface area contributed by atoms with Gasteiger partial charge < -0.3 is 14.5 Å². The number of hydrogen-bond donors (Lipinski definition) is 1. The SMILES string of the molecule is CC(C)c1ccc(NC(=O)c2ccc(S(=O)(=O)N3CCOCC3)o2)cc1. The molecule has 0 saturated carbocycles. The number of amides is 1. The van der Waals surface area contributed by atoms with Crippen molar-refractivity contribution in [1.29, 1.82) is 0 Å². The van der Waals surface area contributed by atoms with E-state index in [-0.39, 0.29) is 23.9 Å². The van der Waals surface area contributed by atoms with Gasteiger partial charge in [0.05, 0.1) is 13.2 Å². The summed E-state index contributed by atoms with van der Waals surface area (Å²) in [5, 5.41) is 2.47. The number of carbonyl (C=O) groups excluding carboxylic acids is 1. The van der Waals surface area contributed by atoms with Crippen molar-refractivity contribution in [3.8, 4) is 0 Å². The Bertz CT molecular complexity index is 865. The zero-order valence-corrected chi connectivity index (χ0v) is 15.6. The van der Waals surface area contributed by atoms with Gasteiger partial charge in [0.25, 0.3) is 15.9 Å². The third kappa shape index (κ3) is 3.98. The monoisotopic (exact) mass is 378 g/mol. The van der Waals surface area contributed by atoms with Crippen molar-refractivity contribution in [1.82, 2.24) is 4.31 Å². The van der Waals surface area contributed by atoms with Gasteiger partial charge in [0.1, 0.15) is 0 Å². The van der Waals surface area contributed by atoms with Gasteiger partial charge in [-0.1, -0.05) is 26.0 Å². The van der Waals surface area contributed by atoms with Gasteiger partial charge in [0, 0.05) is 18.8 Å². The molecule has 0 radical (unpaired) electrons. The van der Waals surface area contributed by atoms with Crippen LogP contribution in [0.15, 0.2) is 45.9 Å². The lowest BCUT2D eigenvalue weighted by atomic mass is 10.0. The van der Waals surface area contributed by atoms with Gasteiger partial charge in [0.15, 0.2) is 5.76 Å². The van der Waals surface area contributed by atoms with E-state index in [0.717, 1.165) is 0 Å². The molecule has 0 atom stereocenters. The fraction of sp³-hybridized carbons (Fsp3) is 0.389. The maximum Gasteiger partial charge on any atom is 0.291 e. The molecule has 0 bridgehead atoms. The van der Waals surface area contributed by atoms with E-state index in [1.807, 2.05) is 24.3 Å². The lowest BCUT2D eigenvalue weighted by Gasteiger charge is -2.24. The molecule has 3 rings (SSSR count). The minimum atomic E-state index is -3.76. The molecule has 1 fully saturated rings. The average Bonchev–Trinajstić information content (AvgIpc) is 3.14. The van der Waals surface area contributed by atoms with Gasteiger partial charge in [0.2, 0.25) is 5.09 Å². The fourth-order valence-electron chi connectivity index (χ4n) is 2.64. The summed E-state index contributed by atoms with van der Waals surface area (Å²) >= 11 is 0. The van der Waals surface area contributed by atoms with Crippen molar-refractivity contribution in [3.05, 3.63) is 47.7 Å². The second kappa shape index (κ2) is 7.61. The van der Waals surface area contributed by atoms with Crippen LogP contribution in [0.25, 0.3) is 0 Å². The van der Waals surface area contributed by atoms with E-state index in [9.17, 15) is 13.2 Å². The second-order valence-electron chi connectivity index (χ2n) is 6.37. The highest BCUT2D eigenvalue weighted by Gasteiger charge is 2.30. The molecule has 0 spiro atoms. The minimum absolute atomic E-state index is 0.0511. The quantitative estimate of drug-likeness (QED) is 0.864. The van der Waals surface area contributed by atoms with Crippen molar-refractivity contribution in [2.45, 2.75) is 24.9 Å². The van der Waals surface area contributed by atoms with Crippen LogP contribution in [0.4, 0.5) is 5.69 Å². The first-order chi connectivity index (χ1) is 12.4. The van der Waals surface area contributed by atoms with E-state index in [1.165, 1.54) is 22.0 Å². The summed E-state index contributed by atoms with van der Waals surface area (Å²) < 4.78 is 36.8. The Kier molecular flexibility index (Phi) is 5.45. The maximum absolute atomic E-state index is 12.5. The Hall–Kier alpha value is -2.16. The van der Waals surface area contributed by atoms with E-state index in [2.05, 4.69) is 19.2 Å². The Labute approximate surface area is 153 Å². The summed E-state index contributed by atoms with van der Waals surface area (Å²) in [6.07, 6.45) is 0. The summed E-state index contributed by atoms with van der Waals surface area (Å²) in [5.41, 5.74) is 1.79. The summed E-state index contributed by atoms with van der Waals surface area (Å²) in [6, 6.07) is 10.2. The molecule has 1 aromatic carbocycles. The largest absolute Gasteiger partial charge is 0.438 e. The Morgan fingerprint density at radius 2 is 1.73 bits per heavy atom. The Morgan fingerprint density at radius 1 is 1.08 bits per heavy atom. The van der Waals surface area contributed by atoms with Crippen LogP contribution in [0.1, 0.15) is 35.9 Å². The van der Waals surface area contributed by atoms with Crippen LogP contribution >= 0.6 is 0 Å². The smallest absolute Gasteiger partial charge is 0.291 e. The molecule has 140 valence electrons. The number of rotatable bonds is 5. The average molecular weight is 378 g/mol. The van der Waals surface area contributed by atoms with E-state index in [4.69, 9.17) is 9.15 Å². The second-order valence-corrected chi connectivity index (χ2v) is 8.23. The predicted octanol–water partition coefficient (Wildman–Crippen LogP) is 2.68. The van der Waals surface area contributed by atoms with Crippen molar-refractivity contribution in [3.63, 3.8) is 0 Å². The molecule has 0 aliphatic carbocycles. The number of hydrogen-bond acceptors (Lipinski definition) is 5. The molecule has 1 amide bonds. The first-order valence-corrected chi connectivity index (χ1v) is 9.91. The van der Waals surface area contributed by atoms with E-state index in [1.54, 1.807) is 0 Å². The molecule has 7 nitrogen and oxygen atoms in total. The number of anilines is 1. The molecule has 2 aromatic rings. The van der Waals surface area contributed by atoms with Crippen LogP contribution in [0.2, 0.25) is 0 Å². The minimum Gasteiger partial charge on any atom is -0.438 e. The standard InChI is InChI=1S/C18H22N2O5S/c1-13(2)14-3-5-15(6-4-14)19-18(21)16-7-8-17(25-16)26(22,23)20-9-11-24-12-10-20/h3-8,13H,9-12H2,1-2H3,(H,19,21). The van der Waals surface area contributed by atoms with Crippen LogP contribution in [-0.4, -0.2) is 44.9 Å². The van der Waals surface area contributed by atoms with Gasteiger partial charge in [-0.2, -0.15) is 4.31 Å². The van der Waals surface area contributed by atoms with Crippen molar-refractivity contribution in [2.75, 3.05) is 31.6 Å². The Morgan fingerprint density at radius 3 is 2.35 bits per heavy atom. The molecule has 1 aliphatic heterocycles. The van der Waals surface area contributed by atoms with Gasteiger partial charge in [-0.05, 0) is 35.7 Å². The van der Waals surface area contributed by atoms with Crippen LogP contribution in [0, 0.1) is 0 Å².